The number of carbonyl (C=O) groups is 3. The van der Waals surface area contributed by atoms with Crippen molar-refractivity contribution >= 4 is 17.7 Å². The number of hydrogen-bond acceptors (Lipinski definition) is 5. The third kappa shape index (κ3) is 5.78. The van der Waals surface area contributed by atoms with Gasteiger partial charge in [-0.05, 0) is 36.6 Å². The monoisotopic (exact) mass is 505 g/mol. The zero-order valence-corrected chi connectivity index (χ0v) is 19.3. The third-order valence-electron chi connectivity index (χ3n) is 6.75. The van der Waals surface area contributed by atoms with E-state index < -0.39 is 35.8 Å². The van der Waals surface area contributed by atoms with E-state index in [0.717, 1.165) is 24.1 Å². The Morgan fingerprint density at radius 1 is 0.917 bits per heavy atom. The first-order chi connectivity index (χ1) is 17.2. The van der Waals surface area contributed by atoms with Crippen molar-refractivity contribution in [3.8, 4) is 5.75 Å². The lowest BCUT2D eigenvalue weighted by molar-refractivity contribution is -0.274. The van der Waals surface area contributed by atoms with E-state index in [2.05, 4.69) is 4.74 Å². The predicted octanol–water partition coefficient (Wildman–Crippen LogP) is 3.19. The topological polar surface area (TPSA) is 99.2 Å². The van der Waals surface area contributed by atoms with Crippen molar-refractivity contribution in [3.63, 3.8) is 0 Å². The summed E-state index contributed by atoms with van der Waals surface area (Å²) < 4.78 is 41.5. The van der Waals surface area contributed by atoms with E-state index in [4.69, 9.17) is 0 Å². The molecule has 0 aromatic heterocycles. The second-order valence-corrected chi connectivity index (χ2v) is 8.99. The first-order valence-corrected chi connectivity index (χ1v) is 11.6. The van der Waals surface area contributed by atoms with E-state index >= 15 is 0 Å². The second-order valence-electron chi connectivity index (χ2n) is 8.99. The van der Waals surface area contributed by atoms with Crippen LogP contribution in [0.1, 0.15) is 34.7 Å². The molecule has 4 rings (SSSR count). The summed E-state index contributed by atoms with van der Waals surface area (Å²) in [7, 11) is 0. The molecular formula is C25H26F3N3O5. The van der Waals surface area contributed by atoms with Crippen molar-refractivity contribution in [2.45, 2.75) is 25.1 Å². The summed E-state index contributed by atoms with van der Waals surface area (Å²) in [4.78, 5) is 41.9. The van der Waals surface area contributed by atoms with Gasteiger partial charge < -0.3 is 14.5 Å². The van der Waals surface area contributed by atoms with Crippen LogP contribution in [0.25, 0.3) is 0 Å². The molecule has 2 heterocycles. The van der Waals surface area contributed by atoms with Crippen LogP contribution in [-0.4, -0.2) is 65.3 Å². The van der Waals surface area contributed by atoms with Crippen molar-refractivity contribution in [3.05, 3.63) is 65.7 Å². The Balaban J connectivity index is 1.45. The molecule has 2 saturated heterocycles. The maximum absolute atomic E-state index is 13.4. The number of nitrogens with zero attached hydrogens (tertiary/aromatic N) is 2. The van der Waals surface area contributed by atoms with E-state index in [1.807, 2.05) is 30.3 Å². The number of halogens is 3. The van der Waals surface area contributed by atoms with Crippen LogP contribution in [0.4, 0.5) is 13.2 Å². The summed E-state index contributed by atoms with van der Waals surface area (Å²) >= 11 is 0. The van der Waals surface area contributed by atoms with Gasteiger partial charge in [0.25, 0.3) is 5.91 Å². The van der Waals surface area contributed by atoms with E-state index in [9.17, 15) is 32.8 Å². The minimum absolute atomic E-state index is 0.0464. The molecule has 36 heavy (non-hydrogen) atoms. The van der Waals surface area contributed by atoms with Gasteiger partial charge in [-0.25, -0.2) is 5.48 Å². The van der Waals surface area contributed by atoms with Crippen LogP contribution < -0.4 is 10.2 Å². The zero-order valence-electron chi connectivity index (χ0n) is 19.3. The highest BCUT2D eigenvalue weighted by Crippen LogP contribution is 2.33. The van der Waals surface area contributed by atoms with Gasteiger partial charge in [0.05, 0.1) is 11.8 Å². The van der Waals surface area contributed by atoms with Crippen molar-refractivity contribution in [2.75, 3.05) is 26.2 Å². The van der Waals surface area contributed by atoms with Crippen molar-refractivity contribution < 1.29 is 37.5 Å². The second kappa shape index (κ2) is 10.6. The summed E-state index contributed by atoms with van der Waals surface area (Å²) in [5, 5.41) is 9.28. The van der Waals surface area contributed by atoms with E-state index in [0.29, 0.717) is 13.1 Å². The van der Waals surface area contributed by atoms with Crippen LogP contribution in [0.15, 0.2) is 54.6 Å². The highest BCUT2D eigenvalue weighted by molar-refractivity contribution is 5.96. The molecule has 8 nitrogen and oxygen atoms in total. The third-order valence-corrected chi connectivity index (χ3v) is 6.75. The fraction of sp³-hybridized carbons (Fsp3) is 0.400. The van der Waals surface area contributed by atoms with E-state index in [1.165, 1.54) is 17.0 Å². The fourth-order valence-corrected chi connectivity index (χ4v) is 4.98. The highest BCUT2D eigenvalue weighted by Gasteiger charge is 2.43. The number of hydrogen-bond donors (Lipinski definition) is 2. The molecule has 0 saturated carbocycles. The van der Waals surface area contributed by atoms with Gasteiger partial charge in [0.1, 0.15) is 5.75 Å². The summed E-state index contributed by atoms with van der Waals surface area (Å²) in [5.74, 6) is -3.71. The van der Waals surface area contributed by atoms with Crippen LogP contribution >= 0.6 is 0 Å². The molecule has 3 amide bonds. The van der Waals surface area contributed by atoms with Gasteiger partial charge in [-0.3, -0.25) is 19.6 Å². The molecule has 192 valence electrons. The molecule has 0 radical (unpaired) electrons. The molecule has 3 atom stereocenters. The minimum atomic E-state index is -4.90. The van der Waals surface area contributed by atoms with Gasteiger partial charge in [-0.1, -0.05) is 36.4 Å². The Labute approximate surface area is 205 Å². The first-order valence-electron chi connectivity index (χ1n) is 11.6. The Morgan fingerprint density at radius 3 is 2.33 bits per heavy atom. The van der Waals surface area contributed by atoms with Crippen molar-refractivity contribution in [1.29, 1.82) is 0 Å². The number of nitrogens with one attached hydrogen (secondary N) is 1. The molecule has 2 fully saturated rings. The molecule has 0 spiro atoms. The molecule has 2 N–H and O–H groups in total. The number of carbonyl (C=O) groups excluding carboxylic acids is 3. The number of likely N-dealkylation sites (tertiary alicyclic amines) is 2. The molecule has 2 aliphatic rings. The summed E-state index contributed by atoms with van der Waals surface area (Å²) in [6, 6.07) is 14.5. The average Bonchev–Trinajstić information content (AvgIpc) is 3.37. The first kappa shape index (κ1) is 25.5. The standard InChI is InChI=1S/C25H26F3N3O5/c26-25(27,28)36-19-8-4-7-17(13-19)23(33)31-12-10-20(21(15-31)22(32)29-35)24(34)30-11-9-18(14-30)16-5-2-1-3-6-16/h1-8,13,18,20-21,35H,9-12,14-15H2,(H,29,32)/t18-,20?,21?/m1/s1. The van der Waals surface area contributed by atoms with Gasteiger partial charge in [-0.2, -0.15) is 0 Å². The number of piperidine rings is 1. The number of ether oxygens (including phenoxy) is 1. The molecule has 2 aromatic rings. The minimum Gasteiger partial charge on any atom is -0.406 e. The lowest BCUT2D eigenvalue weighted by Crippen LogP contribution is -2.53. The van der Waals surface area contributed by atoms with Crippen LogP contribution in [0.5, 0.6) is 5.75 Å². The zero-order chi connectivity index (χ0) is 25.9. The fourth-order valence-electron chi connectivity index (χ4n) is 4.98. The van der Waals surface area contributed by atoms with Gasteiger partial charge >= 0.3 is 6.36 Å². The Bertz CT molecular complexity index is 1110. The summed E-state index contributed by atoms with van der Waals surface area (Å²) in [5.41, 5.74) is 2.67. The van der Waals surface area contributed by atoms with Crippen LogP contribution in [0.3, 0.4) is 0 Å². The maximum Gasteiger partial charge on any atom is 0.573 e. The normalized spacial score (nSPS) is 22.3. The number of alkyl halides is 3. The molecule has 2 aliphatic heterocycles. The average molecular weight is 505 g/mol. The predicted molar refractivity (Wildman–Crippen MR) is 121 cm³/mol. The van der Waals surface area contributed by atoms with Gasteiger partial charge in [-0.15, -0.1) is 13.2 Å². The lowest BCUT2D eigenvalue weighted by Gasteiger charge is -2.38. The SMILES string of the molecule is O=C(NO)C1CN(C(=O)c2cccc(OC(F)(F)F)c2)CCC1C(=O)N1CC[C@@H](c2ccccc2)C1. The molecule has 2 aromatic carbocycles. The summed E-state index contributed by atoms with van der Waals surface area (Å²) in [6.07, 6.45) is -3.94. The van der Waals surface area contributed by atoms with E-state index in [1.54, 1.807) is 10.4 Å². The lowest BCUT2D eigenvalue weighted by atomic mass is 9.83. The molecule has 0 bridgehead atoms. The van der Waals surface area contributed by atoms with Gasteiger partial charge in [0.2, 0.25) is 11.8 Å². The maximum atomic E-state index is 13.4. The smallest absolute Gasteiger partial charge is 0.406 e. The molecule has 2 unspecified atom stereocenters. The van der Waals surface area contributed by atoms with Crippen molar-refractivity contribution in [2.24, 2.45) is 11.8 Å². The van der Waals surface area contributed by atoms with Crippen LogP contribution in [0.2, 0.25) is 0 Å². The Morgan fingerprint density at radius 2 is 1.64 bits per heavy atom. The van der Waals surface area contributed by atoms with Gasteiger partial charge in [0, 0.05) is 37.7 Å². The number of amides is 3. The number of hydroxylamine groups is 1. The van der Waals surface area contributed by atoms with Crippen LogP contribution in [0, 0.1) is 11.8 Å². The molecule has 0 aliphatic carbocycles. The van der Waals surface area contributed by atoms with Crippen LogP contribution in [-0.2, 0) is 9.59 Å². The quantitative estimate of drug-likeness (QED) is 0.481. The van der Waals surface area contributed by atoms with Crippen molar-refractivity contribution in [1.82, 2.24) is 15.3 Å². The summed E-state index contributed by atoms with van der Waals surface area (Å²) in [6.45, 7) is 1.02. The molecular weight excluding hydrogens is 479 g/mol. The van der Waals surface area contributed by atoms with E-state index in [-0.39, 0.29) is 36.9 Å². The van der Waals surface area contributed by atoms with Gasteiger partial charge in [0.15, 0.2) is 0 Å². The largest absolute Gasteiger partial charge is 0.573 e. The Kier molecular flexibility index (Phi) is 7.48. The Hall–Kier alpha value is -3.60. The molecule has 11 heteroatoms. The number of rotatable bonds is 5. The highest BCUT2D eigenvalue weighted by atomic mass is 19.4. The number of benzene rings is 2.